The Bertz CT molecular complexity index is 846. The van der Waals surface area contributed by atoms with Crippen LogP contribution in [0.25, 0.3) is 0 Å². The molecule has 0 N–H and O–H groups in total. The molecule has 2 aliphatic heterocycles. The van der Waals surface area contributed by atoms with E-state index in [0.717, 1.165) is 6.08 Å². The maximum Gasteiger partial charge on any atom is 1.00 e. The van der Waals surface area contributed by atoms with Gasteiger partial charge in [-0.1, -0.05) is 6.58 Å². The van der Waals surface area contributed by atoms with Gasteiger partial charge in [0.2, 0.25) is 9.84 Å². The van der Waals surface area contributed by atoms with Gasteiger partial charge in [-0.15, -0.1) is 0 Å². The van der Waals surface area contributed by atoms with Crippen LogP contribution in [0.3, 0.4) is 0 Å². The SMILES string of the molecule is C=C1C(C)=C(C(=O)[O-])N2C(=O)/C(=C/C(=O)OC(C)(C)C)[C@H]2S1(=O)=O.[Na+]. The van der Waals surface area contributed by atoms with E-state index in [9.17, 15) is 27.9 Å². The second kappa shape index (κ2) is 6.71. The molecule has 130 valence electrons. The summed E-state index contributed by atoms with van der Waals surface area (Å²) in [5.74, 6) is -3.49. The normalized spacial score (nSPS) is 23.6. The smallest absolute Gasteiger partial charge is 0.543 e. The Hall–Kier alpha value is -1.42. The van der Waals surface area contributed by atoms with E-state index < -0.39 is 49.3 Å². The molecule has 0 spiro atoms. The van der Waals surface area contributed by atoms with Crippen LogP contribution in [0.1, 0.15) is 27.7 Å². The summed E-state index contributed by atoms with van der Waals surface area (Å²) in [6, 6.07) is 0. The van der Waals surface area contributed by atoms with Crippen molar-refractivity contribution >= 4 is 27.7 Å². The predicted molar refractivity (Wildman–Crippen MR) is 80.3 cm³/mol. The maximum absolute atomic E-state index is 12.4. The van der Waals surface area contributed by atoms with Crippen LogP contribution >= 0.6 is 0 Å². The number of carbonyl (C=O) groups excluding carboxylic acids is 3. The van der Waals surface area contributed by atoms with Gasteiger partial charge in [-0.3, -0.25) is 9.69 Å². The summed E-state index contributed by atoms with van der Waals surface area (Å²) in [5.41, 5.74) is -1.93. The molecule has 1 amide bonds. The molecule has 1 atom stereocenters. The third-order valence-electron chi connectivity index (χ3n) is 3.49. The summed E-state index contributed by atoms with van der Waals surface area (Å²) in [7, 11) is -4.10. The van der Waals surface area contributed by atoms with Gasteiger partial charge >= 0.3 is 35.5 Å². The number of nitrogens with zero attached hydrogens (tertiary/aromatic N) is 1. The summed E-state index contributed by atoms with van der Waals surface area (Å²) >= 11 is 0. The molecule has 0 radical (unpaired) electrons. The zero-order valence-corrected chi connectivity index (χ0v) is 17.4. The molecule has 0 aromatic heterocycles. The third-order valence-corrected chi connectivity index (χ3v) is 5.54. The summed E-state index contributed by atoms with van der Waals surface area (Å²) in [6.45, 7) is 9.43. The Labute approximate surface area is 167 Å². The number of rotatable bonds is 2. The van der Waals surface area contributed by atoms with Gasteiger partial charge in [-0.05, 0) is 33.3 Å². The van der Waals surface area contributed by atoms with Crippen LogP contribution in [0, 0.1) is 0 Å². The van der Waals surface area contributed by atoms with E-state index in [1.165, 1.54) is 6.92 Å². The number of allylic oxidation sites excluding steroid dienone is 1. The van der Waals surface area contributed by atoms with Crippen LogP contribution in [0.15, 0.2) is 34.4 Å². The van der Waals surface area contributed by atoms with Crippen molar-refractivity contribution in [3.8, 4) is 0 Å². The van der Waals surface area contributed by atoms with Crippen molar-refractivity contribution in [1.29, 1.82) is 0 Å². The zero-order valence-electron chi connectivity index (χ0n) is 14.6. The fraction of sp³-hybridized carbons (Fsp3) is 0.400. The van der Waals surface area contributed by atoms with Gasteiger partial charge in [-0.2, -0.15) is 0 Å². The standard InChI is InChI=1S/C15H17NO7S.Na/c1-7-8(2)24(21,22)13-9(6-10(17)23-15(3,4)5)12(18)16(13)11(7)14(19)20;/h6,13H,2H2,1,3-5H3,(H,19,20);/q;+1/p-1/b9-6-;/t13-;/m1./s1. The summed E-state index contributed by atoms with van der Waals surface area (Å²) in [6.07, 6.45) is 0.771. The first kappa shape index (κ1) is 21.6. The number of esters is 1. The van der Waals surface area contributed by atoms with Crippen molar-refractivity contribution in [2.24, 2.45) is 0 Å². The number of hydrogen-bond acceptors (Lipinski definition) is 7. The van der Waals surface area contributed by atoms with Gasteiger partial charge in [0, 0.05) is 6.08 Å². The van der Waals surface area contributed by atoms with Crippen molar-refractivity contribution < 1.29 is 62.2 Å². The van der Waals surface area contributed by atoms with Crippen LogP contribution in [-0.2, 0) is 29.0 Å². The van der Waals surface area contributed by atoms with Crippen molar-refractivity contribution in [1.82, 2.24) is 4.90 Å². The average Bonchev–Trinajstić information content (AvgIpc) is 2.40. The van der Waals surface area contributed by atoms with E-state index in [0.29, 0.717) is 4.90 Å². The topological polar surface area (TPSA) is 121 Å². The first-order chi connectivity index (χ1) is 10.8. The second-order valence-corrected chi connectivity index (χ2v) is 8.42. The second-order valence-electron chi connectivity index (χ2n) is 6.39. The minimum atomic E-state index is -4.10. The number of carboxylic acid groups (broad SMARTS) is 1. The Kier molecular flexibility index (Phi) is 5.81. The van der Waals surface area contributed by atoms with E-state index in [1.54, 1.807) is 20.8 Å². The third kappa shape index (κ3) is 3.59. The zero-order chi connectivity index (χ0) is 18.6. The van der Waals surface area contributed by atoms with Crippen molar-refractivity contribution in [3.63, 3.8) is 0 Å². The van der Waals surface area contributed by atoms with Gasteiger partial charge in [0.05, 0.1) is 22.1 Å². The number of sulfone groups is 1. The van der Waals surface area contributed by atoms with E-state index in [4.69, 9.17) is 4.74 Å². The number of hydrogen-bond donors (Lipinski definition) is 0. The van der Waals surface area contributed by atoms with Crippen LogP contribution < -0.4 is 34.7 Å². The minimum absolute atomic E-state index is 0. The Morgan fingerprint density at radius 2 is 1.84 bits per heavy atom. The van der Waals surface area contributed by atoms with E-state index >= 15 is 0 Å². The number of fused-ring (bicyclic) bond motifs is 1. The van der Waals surface area contributed by atoms with Crippen LogP contribution in [0.2, 0.25) is 0 Å². The molecule has 2 rings (SSSR count). The number of β-lactam (4-membered cyclic amide) rings is 1. The largest absolute Gasteiger partial charge is 1.00 e. The Morgan fingerprint density at radius 3 is 2.28 bits per heavy atom. The molecule has 25 heavy (non-hydrogen) atoms. The Morgan fingerprint density at radius 1 is 1.32 bits per heavy atom. The molecular weight excluding hydrogens is 361 g/mol. The monoisotopic (exact) mass is 377 g/mol. The first-order valence-electron chi connectivity index (χ1n) is 6.92. The molecule has 10 heteroatoms. The number of carboxylic acids is 1. The summed E-state index contributed by atoms with van der Waals surface area (Å²) in [5, 5.41) is 9.65. The van der Waals surface area contributed by atoms with Crippen LogP contribution in [0.4, 0.5) is 0 Å². The molecule has 0 aromatic carbocycles. The quantitative estimate of drug-likeness (QED) is 0.211. The first-order valence-corrected chi connectivity index (χ1v) is 8.47. The summed E-state index contributed by atoms with van der Waals surface area (Å²) < 4.78 is 29.9. The molecule has 0 aliphatic carbocycles. The molecule has 0 unspecified atom stereocenters. The molecule has 0 saturated carbocycles. The molecule has 1 saturated heterocycles. The fourth-order valence-corrected chi connectivity index (χ4v) is 4.23. The van der Waals surface area contributed by atoms with Crippen molar-refractivity contribution in [3.05, 3.63) is 34.4 Å². The molecular formula is C15H16NNaO7S. The number of aliphatic carboxylic acids is 1. The van der Waals surface area contributed by atoms with E-state index in [1.807, 2.05) is 0 Å². The van der Waals surface area contributed by atoms with Crippen molar-refractivity contribution in [2.45, 2.75) is 38.7 Å². The van der Waals surface area contributed by atoms with Crippen LogP contribution in [-0.4, -0.2) is 42.1 Å². The van der Waals surface area contributed by atoms with Crippen LogP contribution in [0.5, 0.6) is 0 Å². The van der Waals surface area contributed by atoms with E-state index in [-0.39, 0.29) is 40.7 Å². The molecule has 8 nitrogen and oxygen atoms in total. The van der Waals surface area contributed by atoms with Gasteiger partial charge in [-0.25, -0.2) is 13.2 Å². The van der Waals surface area contributed by atoms with E-state index in [2.05, 4.69) is 6.58 Å². The number of amides is 1. The predicted octanol–water partition coefficient (Wildman–Crippen LogP) is -3.61. The van der Waals surface area contributed by atoms with Gasteiger partial charge in [0.1, 0.15) is 5.60 Å². The molecule has 2 heterocycles. The fourth-order valence-electron chi connectivity index (χ4n) is 2.45. The number of carbonyl (C=O) groups is 3. The van der Waals surface area contributed by atoms with Gasteiger partial charge in [0.15, 0.2) is 5.37 Å². The number of ether oxygens (including phenoxy) is 1. The van der Waals surface area contributed by atoms with Crippen molar-refractivity contribution in [2.75, 3.05) is 0 Å². The molecule has 2 aliphatic rings. The molecule has 1 fully saturated rings. The molecule has 0 aromatic rings. The van der Waals surface area contributed by atoms with Gasteiger partial charge < -0.3 is 14.6 Å². The maximum atomic E-state index is 12.4. The van der Waals surface area contributed by atoms with Gasteiger partial charge in [0.25, 0.3) is 5.91 Å². The minimum Gasteiger partial charge on any atom is -0.543 e. The average molecular weight is 377 g/mol. The molecule has 0 bridgehead atoms. The summed E-state index contributed by atoms with van der Waals surface area (Å²) in [4.78, 5) is 35.4. The Balaban J connectivity index is 0.00000312.